The number of anilines is 1. The van der Waals surface area contributed by atoms with Gasteiger partial charge in [0.2, 0.25) is 5.91 Å². The standard InChI is InChI=1S/C25H30N4O4/c1-15(2)12-24(31)27-20-8-6-19(7-9-20)22(30)14-33-25(32)11-10-21-17(4)26-23-13-16(3)28-29(23)18(21)5/h6-9,13,15H,10-12,14H2,1-5H3,(H,27,31). The Labute approximate surface area is 193 Å². The van der Waals surface area contributed by atoms with Gasteiger partial charge in [0.25, 0.3) is 0 Å². The Kier molecular flexibility index (Phi) is 7.58. The molecule has 0 saturated heterocycles. The zero-order valence-corrected chi connectivity index (χ0v) is 19.8. The lowest BCUT2D eigenvalue weighted by Gasteiger charge is -2.11. The van der Waals surface area contributed by atoms with Crippen LogP contribution >= 0.6 is 0 Å². The summed E-state index contributed by atoms with van der Waals surface area (Å²) < 4.78 is 6.97. The van der Waals surface area contributed by atoms with Gasteiger partial charge in [-0.1, -0.05) is 13.8 Å². The number of Topliss-reactive ketones (excluding diaryl/α,β-unsaturated/α-hetero) is 1. The van der Waals surface area contributed by atoms with Gasteiger partial charge < -0.3 is 10.1 Å². The molecule has 8 heteroatoms. The second-order valence-corrected chi connectivity index (χ2v) is 8.62. The Balaban J connectivity index is 1.51. The molecule has 0 bridgehead atoms. The first-order chi connectivity index (χ1) is 15.6. The number of carbonyl (C=O) groups excluding carboxylic acids is 3. The molecule has 0 spiro atoms. The van der Waals surface area contributed by atoms with Gasteiger partial charge in [-0.3, -0.25) is 14.4 Å². The molecule has 1 N–H and O–H groups in total. The van der Waals surface area contributed by atoms with Gasteiger partial charge in [0, 0.05) is 41.5 Å². The number of hydrogen-bond acceptors (Lipinski definition) is 6. The third-order valence-corrected chi connectivity index (χ3v) is 5.31. The molecule has 3 rings (SSSR count). The summed E-state index contributed by atoms with van der Waals surface area (Å²) in [5, 5.41) is 7.24. The molecule has 1 amide bonds. The number of carbonyl (C=O) groups is 3. The van der Waals surface area contributed by atoms with E-state index in [-0.39, 0.29) is 30.6 Å². The Hall–Kier alpha value is -3.55. The number of esters is 1. The number of fused-ring (bicyclic) bond motifs is 1. The topological polar surface area (TPSA) is 103 Å². The van der Waals surface area contributed by atoms with Gasteiger partial charge in [-0.05, 0) is 62.9 Å². The first kappa shape index (κ1) is 24.1. The largest absolute Gasteiger partial charge is 0.457 e. The lowest BCUT2D eigenvalue weighted by molar-refractivity contribution is -0.142. The van der Waals surface area contributed by atoms with Crippen molar-refractivity contribution < 1.29 is 19.1 Å². The maximum atomic E-state index is 12.4. The molecule has 0 unspecified atom stereocenters. The van der Waals surface area contributed by atoms with Crippen LogP contribution in [-0.2, 0) is 20.7 Å². The Morgan fingerprint density at radius 3 is 2.45 bits per heavy atom. The van der Waals surface area contributed by atoms with Crippen molar-refractivity contribution in [3.05, 3.63) is 58.5 Å². The number of amides is 1. The highest BCUT2D eigenvalue weighted by molar-refractivity contribution is 5.98. The minimum Gasteiger partial charge on any atom is -0.457 e. The maximum absolute atomic E-state index is 12.4. The van der Waals surface area contributed by atoms with Crippen LogP contribution < -0.4 is 5.32 Å². The fraction of sp³-hybridized carbons (Fsp3) is 0.400. The normalized spacial score (nSPS) is 11.1. The third kappa shape index (κ3) is 6.25. The molecule has 2 heterocycles. The minimum absolute atomic E-state index is 0.0690. The molecule has 174 valence electrons. The molecule has 0 aliphatic heterocycles. The van der Waals surface area contributed by atoms with Crippen LogP contribution in [0.3, 0.4) is 0 Å². The van der Waals surface area contributed by atoms with Crippen LogP contribution in [0.15, 0.2) is 30.3 Å². The second-order valence-electron chi connectivity index (χ2n) is 8.62. The summed E-state index contributed by atoms with van der Waals surface area (Å²) in [6, 6.07) is 8.47. The van der Waals surface area contributed by atoms with Crippen molar-refractivity contribution in [2.45, 2.75) is 53.9 Å². The number of nitrogens with zero attached hydrogens (tertiary/aromatic N) is 3. The number of hydrogen-bond donors (Lipinski definition) is 1. The van der Waals surface area contributed by atoms with Crippen LogP contribution in [0.4, 0.5) is 5.69 Å². The molecule has 0 radical (unpaired) electrons. The fourth-order valence-electron chi connectivity index (χ4n) is 3.65. The molecule has 0 atom stereocenters. The van der Waals surface area contributed by atoms with Gasteiger partial charge in [0.05, 0.1) is 5.69 Å². The monoisotopic (exact) mass is 450 g/mol. The number of aromatic nitrogens is 3. The number of ether oxygens (including phenoxy) is 1. The lowest BCUT2D eigenvalue weighted by Crippen LogP contribution is -2.16. The van der Waals surface area contributed by atoms with Gasteiger partial charge in [-0.2, -0.15) is 5.10 Å². The number of nitrogens with one attached hydrogen (secondary N) is 1. The summed E-state index contributed by atoms with van der Waals surface area (Å²) in [6.07, 6.45) is 1.03. The molecule has 0 aliphatic carbocycles. The predicted octanol–water partition coefficient (Wildman–Crippen LogP) is 4.00. The van der Waals surface area contributed by atoms with Gasteiger partial charge in [-0.25, -0.2) is 9.50 Å². The Bertz CT molecular complexity index is 1180. The molecule has 0 saturated carbocycles. The third-order valence-electron chi connectivity index (χ3n) is 5.31. The Morgan fingerprint density at radius 1 is 1.09 bits per heavy atom. The van der Waals surface area contributed by atoms with E-state index in [1.54, 1.807) is 28.8 Å². The zero-order valence-electron chi connectivity index (χ0n) is 19.8. The second kappa shape index (κ2) is 10.4. The van der Waals surface area contributed by atoms with Crippen LogP contribution in [0.2, 0.25) is 0 Å². The first-order valence-electron chi connectivity index (χ1n) is 11.0. The molecule has 3 aromatic rings. The predicted molar refractivity (Wildman–Crippen MR) is 125 cm³/mol. The average molecular weight is 451 g/mol. The van der Waals surface area contributed by atoms with E-state index in [2.05, 4.69) is 15.4 Å². The average Bonchev–Trinajstić information content (AvgIpc) is 3.12. The molecule has 33 heavy (non-hydrogen) atoms. The van der Waals surface area contributed by atoms with Crippen molar-refractivity contribution in [3.63, 3.8) is 0 Å². The summed E-state index contributed by atoms with van der Waals surface area (Å²) in [6.45, 7) is 9.39. The van der Waals surface area contributed by atoms with Gasteiger partial charge >= 0.3 is 5.97 Å². The van der Waals surface area contributed by atoms with E-state index in [9.17, 15) is 14.4 Å². The van der Waals surface area contributed by atoms with Gasteiger partial charge in [-0.15, -0.1) is 0 Å². The van der Waals surface area contributed by atoms with Crippen molar-refractivity contribution in [1.29, 1.82) is 0 Å². The summed E-state index contributed by atoms with van der Waals surface area (Å²) in [7, 11) is 0. The zero-order chi connectivity index (χ0) is 24.1. The van der Waals surface area contributed by atoms with Crippen LogP contribution in [0.5, 0.6) is 0 Å². The van der Waals surface area contributed by atoms with E-state index in [0.717, 1.165) is 28.3 Å². The van der Waals surface area contributed by atoms with E-state index in [1.807, 2.05) is 40.7 Å². The lowest BCUT2D eigenvalue weighted by atomic mass is 10.1. The number of aryl methyl sites for hydroxylation is 3. The van der Waals surface area contributed by atoms with E-state index < -0.39 is 5.97 Å². The van der Waals surface area contributed by atoms with Crippen molar-refractivity contribution in [1.82, 2.24) is 14.6 Å². The van der Waals surface area contributed by atoms with E-state index >= 15 is 0 Å². The van der Waals surface area contributed by atoms with Crippen LogP contribution in [0.1, 0.15) is 59.7 Å². The van der Waals surface area contributed by atoms with Gasteiger partial charge in [0.15, 0.2) is 18.0 Å². The summed E-state index contributed by atoms with van der Waals surface area (Å²) >= 11 is 0. The molecule has 1 aromatic carbocycles. The highest BCUT2D eigenvalue weighted by Crippen LogP contribution is 2.17. The maximum Gasteiger partial charge on any atom is 0.306 e. The molecular formula is C25H30N4O4. The van der Waals surface area contributed by atoms with Crippen molar-refractivity contribution in [2.24, 2.45) is 5.92 Å². The van der Waals surface area contributed by atoms with Crippen molar-refractivity contribution in [2.75, 3.05) is 11.9 Å². The van der Waals surface area contributed by atoms with Crippen molar-refractivity contribution in [3.8, 4) is 0 Å². The molecule has 2 aromatic heterocycles. The summed E-state index contributed by atoms with van der Waals surface area (Å²) in [5.74, 6) is -0.551. The van der Waals surface area contributed by atoms with Crippen LogP contribution in [0.25, 0.3) is 5.65 Å². The summed E-state index contributed by atoms with van der Waals surface area (Å²) in [5.41, 5.74) is 5.44. The summed E-state index contributed by atoms with van der Waals surface area (Å²) in [4.78, 5) is 41.0. The van der Waals surface area contributed by atoms with E-state index in [1.165, 1.54) is 0 Å². The van der Waals surface area contributed by atoms with E-state index in [4.69, 9.17) is 4.74 Å². The van der Waals surface area contributed by atoms with Gasteiger partial charge in [0.1, 0.15) is 0 Å². The number of ketones is 1. The highest BCUT2D eigenvalue weighted by atomic mass is 16.5. The molecular weight excluding hydrogens is 420 g/mol. The molecule has 0 fully saturated rings. The van der Waals surface area contributed by atoms with Crippen LogP contribution in [-0.4, -0.2) is 38.9 Å². The quantitative estimate of drug-likeness (QED) is 0.390. The number of rotatable bonds is 9. The number of benzene rings is 1. The Morgan fingerprint density at radius 2 is 1.79 bits per heavy atom. The van der Waals surface area contributed by atoms with Crippen molar-refractivity contribution >= 4 is 29.0 Å². The molecule has 0 aliphatic rings. The highest BCUT2D eigenvalue weighted by Gasteiger charge is 2.15. The minimum atomic E-state index is -0.448. The smallest absolute Gasteiger partial charge is 0.306 e. The van der Waals surface area contributed by atoms with Crippen LogP contribution in [0, 0.1) is 26.7 Å². The fourth-order valence-corrected chi connectivity index (χ4v) is 3.65. The van der Waals surface area contributed by atoms with E-state index in [0.29, 0.717) is 24.1 Å². The first-order valence-corrected chi connectivity index (χ1v) is 11.0. The molecule has 8 nitrogen and oxygen atoms in total. The SMILES string of the molecule is Cc1cc2nc(C)c(CCC(=O)OCC(=O)c3ccc(NC(=O)CC(C)C)cc3)c(C)n2n1.